The number of hydrogen-bond donors (Lipinski definition) is 2. The highest BCUT2D eigenvalue weighted by atomic mass is 32.1. The molecule has 4 nitrogen and oxygen atoms in total. The topological polar surface area (TPSA) is 47.1 Å². The zero-order chi connectivity index (χ0) is 16.4. The van der Waals surface area contributed by atoms with Crippen LogP contribution in [0.4, 0.5) is 0 Å². The summed E-state index contributed by atoms with van der Waals surface area (Å²) in [6.07, 6.45) is 12.6. The van der Waals surface area contributed by atoms with Gasteiger partial charge in [-0.3, -0.25) is 9.82 Å². The van der Waals surface area contributed by atoms with Crippen LogP contribution in [0.25, 0.3) is 11.0 Å². The maximum Gasteiger partial charge on any atom is 0.150 e. The summed E-state index contributed by atoms with van der Waals surface area (Å²) in [4.78, 5) is 4.68. The van der Waals surface area contributed by atoms with Gasteiger partial charge in [0.25, 0.3) is 0 Å². The first-order chi connectivity index (χ1) is 11.1. The first-order valence-electron chi connectivity index (χ1n) is 8.38. The van der Waals surface area contributed by atoms with Crippen LogP contribution in [0.1, 0.15) is 55.1 Å². The fraction of sp³-hybridized carbons (Fsp3) is 0.500. The quantitative estimate of drug-likeness (QED) is 0.379. The third kappa shape index (κ3) is 3.47. The second kappa shape index (κ2) is 7.07. The number of hydrogen-bond acceptors (Lipinski definition) is 4. The van der Waals surface area contributed by atoms with Gasteiger partial charge in [-0.2, -0.15) is 0 Å². The van der Waals surface area contributed by atoms with Crippen LogP contribution in [0.5, 0.6) is 0 Å². The summed E-state index contributed by atoms with van der Waals surface area (Å²) >= 11 is 4.53. The molecule has 1 atom stereocenters. The molecule has 3 rings (SSSR count). The Morgan fingerprint density at radius 3 is 2.87 bits per heavy atom. The number of nitrogens with zero attached hydrogens (tertiary/aromatic N) is 3. The number of nitrogens with two attached hydrogens (primary N) is 1. The molecule has 0 aliphatic heterocycles. The van der Waals surface area contributed by atoms with E-state index in [9.17, 15) is 0 Å². The highest BCUT2D eigenvalue weighted by molar-refractivity contribution is 7.78. The molecular formula is C18H26N4S. The fourth-order valence-corrected chi connectivity index (χ4v) is 3.98. The van der Waals surface area contributed by atoms with E-state index in [1.165, 1.54) is 48.6 Å². The van der Waals surface area contributed by atoms with Crippen LogP contribution >= 0.6 is 12.8 Å². The molecule has 1 fully saturated rings. The van der Waals surface area contributed by atoms with E-state index in [1.807, 2.05) is 29.5 Å². The third-order valence-corrected chi connectivity index (χ3v) is 5.23. The van der Waals surface area contributed by atoms with Crippen molar-refractivity contribution in [1.82, 2.24) is 14.0 Å². The standard InChI is InChI=1S/C18H26N4S/c1-3-13(11-21(2)19)17-12-22(23)18-16(17)9-15(10-20-18)14-7-5-4-6-8-14/h3,9-10,12-14,23H,1,4-8,11,19H2,2H3. The number of pyridine rings is 1. The SMILES string of the molecule is C=CC(CN(C)N)c1cn(S)c2ncc(C3CCCCC3)cc12. The smallest absolute Gasteiger partial charge is 0.150 e. The summed E-state index contributed by atoms with van der Waals surface area (Å²) < 4.78 is 1.81. The van der Waals surface area contributed by atoms with Crippen molar-refractivity contribution in [3.8, 4) is 0 Å². The fourth-order valence-electron chi connectivity index (χ4n) is 3.70. The van der Waals surface area contributed by atoms with Crippen molar-refractivity contribution in [1.29, 1.82) is 0 Å². The van der Waals surface area contributed by atoms with E-state index in [0.29, 0.717) is 5.92 Å². The second-order valence-electron chi connectivity index (χ2n) is 6.69. The van der Waals surface area contributed by atoms with E-state index in [1.54, 1.807) is 5.01 Å². The van der Waals surface area contributed by atoms with Crippen molar-refractivity contribution in [2.45, 2.75) is 43.9 Å². The molecule has 2 aromatic heterocycles. The van der Waals surface area contributed by atoms with E-state index in [4.69, 9.17) is 5.84 Å². The van der Waals surface area contributed by atoms with Crippen molar-refractivity contribution >= 4 is 23.8 Å². The number of aromatic nitrogens is 2. The Bertz CT molecular complexity index is 686. The summed E-state index contributed by atoms with van der Waals surface area (Å²) in [5.41, 5.74) is 3.48. The van der Waals surface area contributed by atoms with Gasteiger partial charge in [-0.05, 0) is 36.0 Å². The van der Waals surface area contributed by atoms with Crippen molar-refractivity contribution in [2.75, 3.05) is 13.6 Å². The first-order valence-corrected chi connectivity index (χ1v) is 8.78. The average molecular weight is 331 g/mol. The molecule has 2 heterocycles. The Morgan fingerprint density at radius 1 is 1.48 bits per heavy atom. The molecule has 2 aromatic rings. The maximum absolute atomic E-state index is 5.85. The summed E-state index contributed by atoms with van der Waals surface area (Å²) in [7, 11) is 1.88. The van der Waals surface area contributed by atoms with Gasteiger partial charge in [0, 0.05) is 37.3 Å². The Kier molecular flexibility index (Phi) is 5.09. The normalized spacial score (nSPS) is 17.7. The maximum atomic E-state index is 5.85. The van der Waals surface area contributed by atoms with Crippen LogP contribution in [0.2, 0.25) is 0 Å². The minimum absolute atomic E-state index is 0.171. The lowest BCUT2D eigenvalue weighted by Gasteiger charge is -2.22. The van der Waals surface area contributed by atoms with Gasteiger partial charge in [-0.25, -0.2) is 9.99 Å². The zero-order valence-corrected chi connectivity index (χ0v) is 14.7. The second-order valence-corrected chi connectivity index (χ2v) is 7.12. The largest absolute Gasteiger partial charge is 0.278 e. The van der Waals surface area contributed by atoms with E-state index in [-0.39, 0.29) is 5.92 Å². The van der Waals surface area contributed by atoms with E-state index >= 15 is 0 Å². The van der Waals surface area contributed by atoms with Gasteiger partial charge in [-0.1, -0.05) is 38.2 Å². The number of fused-ring (bicyclic) bond motifs is 1. The molecular weight excluding hydrogens is 304 g/mol. The Balaban J connectivity index is 2.02. The molecule has 0 spiro atoms. The Hall–Kier alpha value is -1.30. The zero-order valence-electron chi connectivity index (χ0n) is 13.8. The minimum atomic E-state index is 0.171. The Morgan fingerprint density at radius 2 is 2.22 bits per heavy atom. The summed E-state index contributed by atoms with van der Waals surface area (Å²) in [6.45, 7) is 4.71. The van der Waals surface area contributed by atoms with Crippen molar-refractivity contribution < 1.29 is 0 Å². The van der Waals surface area contributed by atoms with Gasteiger partial charge in [0.05, 0.1) is 0 Å². The van der Waals surface area contributed by atoms with Crippen LogP contribution < -0.4 is 5.84 Å². The molecule has 0 amide bonds. The van der Waals surface area contributed by atoms with Gasteiger partial charge in [0.15, 0.2) is 0 Å². The van der Waals surface area contributed by atoms with Crippen LogP contribution in [0.15, 0.2) is 31.1 Å². The summed E-state index contributed by atoms with van der Waals surface area (Å²) in [5.74, 6) is 6.67. The summed E-state index contributed by atoms with van der Waals surface area (Å²) in [6, 6.07) is 2.31. The van der Waals surface area contributed by atoms with Gasteiger partial charge in [-0.15, -0.1) is 6.58 Å². The number of likely N-dealkylation sites (N-methyl/N-ethyl adjacent to an activating group) is 1. The highest BCUT2D eigenvalue weighted by Gasteiger charge is 2.20. The number of rotatable bonds is 5. The van der Waals surface area contributed by atoms with Crippen LogP contribution in [0, 0.1) is 0 Å². The third-order valence-electron chi connectivity index (χ3n) is 4.92. The molecule has 1 unspecified atom stereocenters. The molecule has 0 aromatic carbocycles. The number of hydrazine groups is 1. The lowest BCUT2D eigenvalue weighted by atomic mass is 9.84. The molecule has 0 radical (unpaired) electrons. The molecule has 1 aliphatic carbocycles. The lowest BCUT2D eigenvalue weighted by Crippen LogP contribution is -2.30. The molecule has 23 heavy (non-hydrogen) atoms. The highest BCUT2D eigenvalue weighted by Crippen LogP contribution is 2.35. The van der Waals surface area contributed by atoms with E-state index < -0.39 is 0 Å². The van der Waals surface area contributed by atoms with Gasteiger partial charge in [0.2, 0.25) is 0 Å². The lowest BCUT2D eigenvalue weighted by molar-refractivity contribution is 0.340. The predicted molar refractivity (Wildman–Crippen MR) is 99.7 cm³/mol. The molecule has 1 aliphatic rings. The van der Waals surface area contributed by atoms with Crippen molar-refractivity contribution in [2.24, 2.45) is 5.84 Å². The molecule has 5 heteroatoms. The van der Waals surface area contributed by atoms with E-state index in [0.717, 1.165) is 12.2 Å². The van der Waals surface area contributed by atoms with E-state index in [2.05, 4.69) is 30.4 Å². The van der Waals surface area contributed by atoms with Crippen molar-refractivity contribution in [3.05, 3.63) is 42.2 Å². The van der Waals surface area contributed by atoms with Crippen molar-refractivity contribution in [3.63, 3.8) is 0 Å². The molecule has 0 bridgehead atoms. The Labute approximate surface area is 143 Å². The average Bonchev–Trinajstić information content (AvgIpc) is 2.89. The minimum Gasteiger partial charge on any atom is -0.278 e. The predicted octanol–water partition coefficient (Wildman–Crippen LogP) is 3.85. The van der Waals surface area contributed by atoms with Gasteiger partial charge < -0.3 is 0 Å². The summed E-state index contributed by atoms with van der Waals surface area (Å²) in [5, 5.41) is 2.88. The molecule has 124 valence electrons. The van der Waals surface area contributed by atoms with Gasteiger partial charge >= 0.3 is 0 Å². The van der Waals surface area contributed by atoms with Crippen LogP contribution in [-0.4, -0.2) is 27.6 Å². The van der Waals surface area contributed by atoms with Crippen LogP contribution in [-0.2, 0) is 0 Å². The number of thiol groups is 1. The first kappa shape index (κ1) is 16.6. The van der Waals surface area contributed by atoms with Crippen LogP contribution in [0.3, 0.4) is 0 Å². The molecule has 1 saturated carbocycles. The molecule has 2 N–H and O–H groups in total. The molecule has 0 saturated heterocycles. The monoisotopic (exact) mass is 330 g/mol. The van der Waals surface area contributed by atoms with Gasteiger partial charge in [0.1, 0.15) is 5.65 Å².